The van der Waals surface area contributed by atoms with E-state index in [4.69, 9.17) is 0 Å². The monoisotopic (exact) mass is 277 g/mol. The number of hydrogen-bond donors (Lipinski definition) is 1. The minimum Gasteiger partial charge on any atom is -0.365 e. The summed E-state index contributed by atoms with van der Waals surface area (Å²) < 4.78 is 0. The molecule has 0 aromatic heterocycles. The van der Waals surface area contributed by atoms with Crippen molar-refractivity contribution >= 4 is 17.5 Å². The standard InChI is InChI=1S/C15H23N3O2/c1-4-16-14(19)11-18(5-2)15(20)12-17(3)13-9-7-6-8-10-13/h6-10H,4-5,11-12H2,1-3H3,(H,16,19). The van der Waals surface area contributed by atoms with Crippen LogP contribution in [0.25, 0.3) is 0 Å². The van der Waals surface area contributed by atoms with E-state index in [9.17, 15) is 9.59 Å². The molecule has 0 aliphatic carbocycles. The third-order valence-corrected chi connectivity index (χ3v) is 3.01. The van der Waals surface area contributed by atoms with Gasteiger partial charge in [-0.05, 0) is 26.0 Å². The first-order valence-corrected chi connectivity index (χ1v) is 6.89. The molecule has 110 valence electrons. The van der Waals surface area contributed by atoms with E-state index in [0.717, 1.165) is 5.69 Å². The van der Waals surface area contributed by atoms with Crippen LogP contribution in [0.3, 0.4) is 0 Å². The lowest BCUT2D eigenvalue weighted by Gasteiger charge is -2.25. The highest BCUT2D eigenvalue weighted by Gasteiger charge is 2.16. The second-order valence-electron chi connectivity index (χ2n) is 4.55. The molecule has 0 saturated heterocycles. The van der Waals surface area contributed by atoms with Crippen LogP contribution in [0.2, 0.25) is 0 Å². The molecular weight excluding hydrogens is 254 g/mol. The number of carbonyl (C=O) groups excluding carboxylic acids is 2. The van der Waals surface area contributed by atoms with Crippen molar-refractivity contribution < 1.29 is 9.59 Å². The minimum absolute atomic E-state index is 0.0508. The summed E-state index contributed by atoms with van der Waals surface area (Å²) in [7, 11) is 1.87. The summed E-state index contributed by atoms with van der Waals surface area (Å²) in [6.45, 7) is 5.22. The summed E-state index contributed by atoms with van der Waals surface area (Å²) in [6, 6.07) is 9.71. The zero-order valence-electron chi connectivity index (χ0n) is 12.4. The summed E-state index contributed by atoms with van der Waals surface area (Å²) in [6.07, 6.45) is 0. The summed E-state index contributed by atoms with van der Waals surface area (Å²) in [5.41, 5.74) is 0.981. The Hall–Kier alpha value is -2.04. The molecule has 1 rings (SSSR count). The molecule has 5 nitrogen and oxygen atoms in total. The van der Waals surface area contributed by atoms with Gasteiger partial charge in [0.25, 0.3) is 0 Å². The molecule has 0 aliphatic rings. The van der Waals surface area contributed by atoms with Crippen molar-refractivity contribution in [3.63, 3.8) is 0 Å². The molecule has 0 unspecified atom stereocenters. The zero-order valence-corrected chi connectivity index (χ0v) is 12.4. The van der Waals surface area contributed by atoms with E-state index >= 15 is 0 Å². The lowest BCUT2D eigenvalue weighted by Crippen LogP contribution is -2.44. The molecule has 1 aromatic carbocycles. The molecule has 0 fully saturated rings. The van der Waals surface area contributed by atoms with Gasteiger partial charge >= 0.3 is 0 Å². The smallest absolute Gasteiger partial charge is 0.242 e. The predicted octanol–water partition coefficient (Wildman–Crippen LogP) is 1.11. The SMILES string of the molecule is CCNC(=O)CN(CC)C(=O)CN(C)c1ccccc1. The van der Waals surface area contributed by atoms with E-state index in [1.165, 1.54) is 0 Å². The normalized spacial score (nSPS) is 9.95. The second-order valence-corrected chi connectivity index (χ2v) is 4.55. The number of anilines is 1. The number of rotatable bonds is 7. The predicted molar refractivity (Wildman–Crippen MR) is 80.6 cm³/mol. The van der Waals surface area contributed by atoms with Gasteiger partial charge in [0.1, 0.15) is 0 Å². The van der Waals surface area contributed by atoms with Gasteiger partial charge in [-0.25, -0.2) is 0 Å². The molecule has 2 amide bonds. The van der Waals surface area contributed by atoms with Gasteiger partial charge in [0.15, 0.2) is 0 Å². The molecule has 0 bridgehead atoms. The van der Waals surface area contributed by atoms with Crippen molar-refractivity contribution in [3.05, 3.63) is 30.3 Å². The zero-order chi connectivity index (χ0) is 15.0. The number of carbonyl (C=O) groups is 2. The number of hydrogen-bond acceptors (Lipinski definition) is 3. The first-order chi connectivity index (χ1) is 9.58. The molecule has 1 N–H and O–H groups in total. The van der Waals surface area contributed by atoms with Gasteiger partial charge in [0, 0.05) is 25.8 Å². The van der Waals surface area contributed by atoms with E-state index < -0.39 is 0 Å². The van der Waals surface area contributed by atoms with Gasteiger partial charge in [-0.3, -0.25) is 9.59 Å². The van der Waals surface area contributed by atoms with Gasteiger partial charge in [-0.15, -0.1) is 0 Å². The fourth-order valence-electron chi connectivity index (χ4n) is 1.88. The minimum atomic E-state index is -0.120. The van der Waals surface area contributed by atoms with Crippen LogP contribution in [0.4, 0.5) is 5.69 Å². The number of amides is 2. The highest BCUT2D eigenvalue weighted by Crippen LogP contribution is 2.10. The molecule has 0 radical (unpaired) electrons. The van der Waals surface area contributed by atoms with Crippen LogP contribution in [0, 0.1) is 0 Å². The molecule has 5 heteroatoms. The summed E-state index contributed by atoms with van der Waals surface area (Å²) in [5.74, 6) is -0.171. The van der Waals surface area contributed by atoms with Crippen molar-refractivity contribution in [2.75, 3.05) is 38.1 Å². The average molecular weight is 277 g/mol. The second kappa shape index (κ2) is 8.19. The van der Waals surface area contributed by atoms with Crippen molar-refractivity contribution in [1.82, 2.24) is 10.2 Å². The molecular formula is C15H23N3O2. The lowest BCUT2D eigenvalue weighted by molar-refractivity contribution is -0.134. The molecule has 0 heterocycles. The van der Waals surface area contributed by atoms with Gasteiger partial charge in [0.05, 0.1) is 13.1 Å². The van der Waals surface area contributed by atoms with Crippen LogP contribution in [0.15, 0.2) is 30.3 Å². The van der Waals surface area contributed by atoms with Crippen molar-refractivity contribution in [2.24, 2.45) is 0 Å². The molecule has 0 saturated carbocycles. The van der Waals surface area contributed by atoms with Gasteiger partial charge in [-0.1, -0.05) is 18.2 Å². The van der Waals surface area contributed by atoms with E-state index in [1.807, 2.05) is 56.1 Å². The van der Waals surface area contributed by atoms with E-state index in [-0.39, 0.29) is 24.9 Å². The number of para-hydroxylation sites is 1. The quantitative estimate of drug-likeness (QED) is 0.812. The summed E-state index contributed by atoms with van der Waals surface area (Å²) in [4.78, 5) is 27.2. The topological polar surface area (TPSA) is 52.7 Å². The first-order valence-electron chi connectivity index (χ1n) is 6.89. The lowest BCUT2D eigenvalue weighted by atomic mass is 10.3. The number of nitrogens with one attached hydrogen (secondary N) is 1. The van der Waals surface area contributed by atoms with Crippen LogP contribution >= 0.6 is 0 Å². The molecule has 1 aromatic rings. The fourth-order valence-corrected chi connectivity index (χ4v) is 1.88. The summed E-state index contributed by atoms with van der Waals surface area (Å²) >= 11 is 0. The maximum atomic E-state index is 12.2. The molecule has 20 heavy (non-hydrogen) atoms. The molecule has 0 atom stereocenters. The highest BCUT2D eigenvalue weighted by atomic mass is 16.2. The highest BCUT2D eigenvalue weighted by molar-refractivity contribution is 5.87. The molecule has 0 aliphatic heterocycles. The van der Waals surface area contributed by atoms with Crippen LogP contribution in [-0.2, 0) is 9.59 Å². The maximum Gasteiger partial charge on any atom is 0.242 e. The Labute approximate surface area is 120 Å². The Morgan fingerprint density at radius 1 is 1.10 bits per heavy atom. The summed E-state index contributed by atoms with van der Waals surface area (Å²) in [5, 5.41) is 2.70. The van der Waals surface area contributed by atoms with E-state index in [2.05, 4.69) is 5.32 Å². The van der Waals surface area contributed by atoms with E-state index in [0.29, 0.717) is 13.1 Å². The van der Waals surface area contributed by atoms with Crippen LogP contribution in [0.5, 0.6) is 0 Å². The maximum absolute atomic E-state index is 12.2. The van der Waals surface area contributed by atoms with Crippen molar-refractivity contribution in [1.29, 1.82) is 0 Å². The third-order valence-electron chi connectivity index (χ3n) is 3.01. The van der Waals surface area contributed by atoms with Gasteiger partial charge in [0.2, 0.25) is 11.8 Å². The number of likely N-dealkylation sites (N-methyl/N-ethyl adjacent to an activating group) is 3. The van der Waals surface area contributed by atoms with Crippen LogP contribution in [0.1, 0.15) is 13.8 Å². The fraction of sp³-hybridized carbons (Fsp3) is 0.467. The first kappa shape index (κ1) is 16.0. The Bertz CT molecular complexity index is 434. The van der Waals surface area contributed by atoms with Gasteiger partial charge < -0.3 is 15.1 Å². The van der Waals surface area contributed by atoms with Crippen LogP contribution in [-0.4, -0.2) is 49.9 Å². The number of nitrogens with zero attached hydrogens (tertiary/aromatic N) is 2. The Balaban J connectivity index is 2.57. The van der Waals surface area contributed by atoms with Crippen molar-refractivity contribution in [2.45, 2.75) is 13.8 Å². The van der Waals surface area contributed by atoms with E-state index in [1.54, 1.807) is 4.90 Å². The largest absolute Gasteiger partial charge is 0.365 e. The van der Waals surface area contributed by atoms with Crippen LogP contribution < -0.4 is 10.2 Å². The Morgan fingerprint density at radius 2 is 1.75 bits per heavy atom. The molecule has 0 spiro atoms. The van der Waals surface area contributed by atoms with Gasteiger partial charge in [-0.2, -0.15) is 0 Å². The number of benzene rings is 1. The van der Waals surface area contributed by atoms with Crippen molar-refractivity contribution in [3.8, 4) is 0 Å². The Kier molecular flexibility index (Phi) is 6.56. The Morgan fingerprint density at radius 3 is 2.30 bits per heavy atom. The third kappa shape index (κ3) is 4.91. The average Bonchev–Trinajstić information content (AvgIpc) is 2.45.